The lowest BCUT2D eigenvalue weighted by atomic mass is 10.1. The first-order valence-electron chi connectivity index (χ1n) is 9.57. The zero-order valence-electron chi connectivity index (χ0n) is 16.7. The molecule has 0 unspecified atom stereocenters. The molecule has 2 heterocycles. The highest BCUT2D eigenvalue weighted by Crippen LogP contribution is 2.30. The van der Waals surface area contributed by atoms with Crippen molar-refractivity contribution in [3.05, 3.63) is 76.3 Å². The molecule has 4 aromatic rings. The third kappa shape index (κ3) is 5.17. The van der Waals surface area contributed by atoms with Crippen LogP contribution in [-0.4, -0.2) is 16.1 Å². The molecule has 0 atom stereocenters. The van der Waals surface area contributed by atoms with E-state index in [0.29, 0.717) is 18.2 Å². The van der Waals surface area contributed by atoms with Gasteiger partial charge in [-0.25, -0.2) is 0 Å². The SMILES string of the molecule is Cc1ccc(Sc2ccc(NC(=O)CCc3nnc(-c4ccsc4)o3)cc2)cc1C. The minimum absolute atomic E-state index is 0.0835. The number of anilines is 1. The normalized spacial score (nSPS) is 10.9. The van der Waals surface area contributed by atoms with Crippen LogP contribution in [0.1, 0.15) is 23.4 Å². The standard InChI is InChI=1S/C23H21N3O2S2/c1-15-3-6-20(13-16(15)2)30-19-7-4-18(5-8-19)24-21(27)9-10-22-25-26-23(28-22)17-11-12-29-14-17/h3-8,11-14H,9-10H2,1-2H3,(H,24,27). The quantitative estimate of drug-likeness (QED) is 0.378. The maximum atomic E-state index is 12.3. The smallest absolute Gasteiger partial charge is 0.248 e. The highest BCUT2D eigenvalue weighted by Gasteiger charge is 2.11. The van der Waals surface area contributed by atoms with Crippen LogP contribution in [0.2, 0.25) is 0 Å². The molecule has 0 aliphatic carbocycles. The molecule has 0 spiro atoms. The van der Waals surface area contributed by atoms with E-state index in [1.54, 1.807) is 23.1 Å². The van der Waals surface area contributed by atoms with E-state index in [1.165, 1.54) is 16.0 Å². The van der Waals surface area contributed by atoms with Gasteiger partial charge in [0.15, 0.2) is 0 Å². The fourth-order valence-corrected chi connectivity index (χ4v) is 4.37. The number of amides is 1. The molecule has 0 saturated heterocycles. The summed E-state index contributed by atoms with van der Waals surface area (Å²) in [7, 11) is 0. The van der Waals surface area contributed by atoms with Crippen LogP contribution < -0.4 is 5.32 Å². The molecule has 7 heteroatoms. The molecule has 1 amide bonds. The Morgan fingerprint density at radius 3 is 2.57 bits per heavy atom. The molecule has 5 nitrogen and oxygen atoms in total. The maximum absolute atomic E-state index is 12.3. The van der Waals surface area contributed by atoms with E-state index < -0.39 is 0 Å². The summed E-state index contributed by atoms with van der Waals surface area (Å²) in [5.74, 6) is 0.870. The Balaban J connectivity index is 1.28. The average Bonchev–Trinajstić information content (AvgIpc) is 3.42. The first kappa shape index (κ1) is 20.4. The highest BCUT2D eigenvalue weighted by atomic mass is 32.2. The van der Waals surface area contributed by atoms with E-state index in [2.05, 4.69) is 47.6 Å². The maximum Gasteiger partial charge on any atom is 0.248 e. The van der Waals surface area contributed by atoms with Crippen LogP contribution in [0.4, 0.5) is 5.69 Å². The zero-order valence-corrected chi connectivity index (χ0v) is 18.3. The number of aryl methyl sites for hydroxylation is 3. The monoisotopic (exact) mass is 435 g/mol. The van der Waals surface area contributed by atoms with E-state index in [9.17, 15) is 4.79 Å². The first-order chi connectivity index (χ1) is 14.6. The lowest BCUT2D eigenvalue weighted by molar-refractivity contribution is -0.116. The predicted octanol–water partition coefficient (Wildman–Crippen LogP) is 6.14. The van der Waals surface area contributed by atoms with Gasteiger partial charge in [0, 0.05) is 39.3 Å². The van der Waals surface area contributed by atoms with Gasteiger partial charge in [-0.2, -0.15) is 11.3 Å². The van der Waals surface area contributed by atoms with Gasteiger partial charge in [-0.05, 0) is 72.8 Å². The molecule has 30 heavy (non-hydrogen) atoms. The number of thiophene rings is 1. The fraction of sp³-hybridized carbons (Fsp3) is 0.174. The third-order valence-electron chi connectivity index (χ3n) is 4.65. The molecule has 0 saturated carbocycles. The Morgan fingerprint density at radius 2 is 1.83 bits per heavy atom. The van der Waals surface area contributed by atoms with E-state index in [1.807, 2.05) is 41.1 Å². The van der Waals surface area contributed by atoms with Crippen molar-refractivity contribution < 1.29 is 9.21 Å². The van der Waals surface area contributed by atoms with Crippen LogP contribution in [0.25, 0.3) is 11.5 Å². The van der Waals surface area contributed by atoms with Crippen LogP contribution in [0.5, 0.6) is 0 Å². The minimum atomic E-state index is -0.0835. The summed E-state index contributed by atoms with van der Waals surface area (Å²) in [5.41, 5.74) is 4.25. The number of benzene rings is 2. The summed E-state index contributed by atoms with van der Waals surface area (Å²) in [4.78, 5) is 14.6. The van der Waals surface area contributed by atoms with Gasteiger partial charge in [0.2, 0.25) is 17.7 Å². The molecule has 0 radical (unpaired) electrons. The molecule has 0 fully saturated rings. The van der Waals surface area contributed by atoms with Crippen molar-refractivity contribution in [3.8, 4) is 11.5 Å². The van der Waals surface area contributed by atoms with Gasteiger partial charge in [-0.3, -0.25) is 4.79 Å². The second kappa shape index (κ2) is 9.28. The van der Waals surface area contributed by atoms with Crippen molar-refractivity contribution in [1.29, 1.82) is 0 Å². The van der Waals surface area contributed by atoms with Gasteiger partial charge in [-0.1, -0.05) is 17.8 Å². The summed E-state index contributed by atoms with van der Waals surface area (Å²) in [6.07, 6.45) is 0.689. The number of aromatic nitrogens is 2. The third-order valence-corrected chi connectivity index (χ3v) is 6.33. The molecular formula is C23H21N3O2S2. The second-order valence-corrected chi connectivity index (χ2v) is 8.86. The number of nitrogens with one attached hydrogen (secondary N) is 1. The number of hydrogen-bond acceptors (Lipinski definition) is 6. The fourth-order valence-electron chi connectivity index (χ4n) is 2.82. The van der Waals surface area contributed by atoms with Gasteiger partial charge in [0.25, 0.3) is 0 Å². The lowest BCUT2D eigenvalue weighted by Crippen LogP contribution is -2.12. The average molecular weight is 436 g/mol. The highest BCUT2D eigenvalue weighted by molar-refractivity contribution is 7.99. The second-order valence-electron chi connectivity index (χ2n) is 6.93. The first-order valence-corrected chi connectivity index (χ1v) is 11.3. The molecule has 4 rings (SSSR count). The molecule has 152 valence electrons. The van der Waals surface area contributed by atoms with E-state index >= 15 is 0 Å². The topological polar surface area (TPSA) is 68.0 Å². The van der Waals surface area contributed by atoms with Crippen LogP contribution in [0.3, 0.4) is 0 Å². The van der Waals surface area contributed by atoms with Crippen LogP contribution in [0.15, 0.2) is 73.5 Å². The number of hydrogen-bond donors (Lipinski definition) is 1. The van der Waals surface area contributed by atoms with Crippen LogP contribution in [-0.2, 0) is 11.2 Å². The summed E-state index contributed by atoms with van der Waals surface area (Å²) in [5, 5.41) is 14.9. The van der Waals surface area contributed by atoms with Crippen molar-refractivity contribution in [2.45, 2.75) is 36.5 Å². The minimum Gasteiger partial charge on any atom is -0.421 e. The number of nitrogens with zero attached hydrogens (tertiary/aromatic N) is 2. The Hall–Kier alpha value is -2.90. The molecule has 0 aliphatic heterocycles. The van der Waals surface area contributed by atoms with Crippen molar-refractivity contribution >= 4 is 34.7 Å². The Labute approximate surface area is 183 Å². The largest absolute Gasteiger partial charge is 0.421 e. The summed E-state index contributed by atoms with van der Waals surface area (Å²) >= 11 is 3.28. The van der Waals surface area contributed by atoms with Crippen molar-refractivity contribution in [1.82, 2.24) is 10.2 Å². The zero-order chi connectivity index (χ0) is 20.9. The van der Waals surface area contributed by atoms with Gasteiger partial charge < -0.3 is 9.73 Å². The van der Waals surface area contributed by atoms with Gasteiger partial charge in [0.05, 0.1) is 0 Å². The number of carbonyl (C=O) groups excluding carboxylic acids is 1. The molecule has 2 aromatic heterocycles. The predicted molar refractivity (Wildman–Crippen MR) is 121 cm³/mol. The summed E-state index contributed by atoms with van der Waals surface area (Å²) < 4.78 is 5.62. The van der Waals surface area contributed by atoms with E-state index in [0.717, 1.165) is 16.1 Å². The molecule has 0 bridgehead atoms. The molecule has 2 aromatic carbocycles. The van der Waals surface area contributed by atoms with Crippen molar-refractivity contribution in [2.24, 2.45) is 0 Å². The Morgan fingerprint density at radius 1 is 1.03 bits per heavy atom. The molecule has 1 N–H and O–H groups in total. The number of carbonyl (C=O) groups is 1. The van der Waals surface area contributed by atoms with Crippen LogP contribution in [0, 0.1) is 13.8 Å². The number of rotatable bonds is 7. The Bertz CT molecular complexity index is 1140. The van der Waals surface area contributed by atoms with Crippen molar-refractivity contribution in [3.63, 3.8) is 0 Å². The lowest BCUT2D eigenvalue weighted by Gasteiger charge is -2.07. The van der Waals surface area contributed by atoms with E-state index in [4.69, 9.17) is 4.42 Å². The Kier molecular flexibility index (Phi) is 6.30. The summed E-state index contributed by atoms with van der Waals surface area (Å²) in [6, 6.07) is 16.3. The van der Waals surface area contributed by atoms with Gasteiger partial charge in [0.1, 0.15) is 0 Å². The van der Waals surface area contributed by atoms with Crippen LogP contribution >= 0.6 is 23.1 Å². The van der Waals surface area contributed by atoms with Crippen molar-refractivity contribution in [2.75, 3.05) is 5.32 Å². The molecular weight excluding hydrogens is 414 g/mol. The van der Waals surface area contributed by atoms with Gasteiger partial charge in [-0.15, -0.1) is 10.2 Å². The molecule has 0 aliphatic rings. The van der Waals surface area contributed by atoms with Gasteiger partial charge >= 0.3 is 0 Å². The van der Waals surface area contributed by atoms with E-state index in [-0.39, 0.29) is 12.3 Å². The summed E-state index contributed by atoms with van der Waals surface area (Å²) in [6.45, 7) is 4.23.